The Hall–Kier alpha value is -7.13. The fourth-order valence-corrected chi connectivity index (χ4v) is 11.5. The maximum Gasteiger partial charge on any atom is 0.271 e. The molecule has 0 aliphatic heterocycles. The number of carbonyl (C=O) groups is 7. The van der Waals surface area contributed by atoms with Gasteiger partial charge in [-0.15, -0.1) is 22.7 Å². The molecule has 8 atom stereocenters. The molecule has 5 aromatic rings. The Balaban J connectivity index is 1.25. The highest BCUT2D eigenvalue weighted by atomic mass is 35.5. The van der Waals surface area contributed by atoms with Gasteiger partial charge in [-0.1, -0.05) is 61.0 Å². The summed E-state index contributed by atoms with van der Waals surface area (Å²) in [6.07, 6.45) is 3.23. The van der Waals surface area contributed by atoms with Crippen LogP contribution >= 0.6 is 34.3 Å². The van der Waals surface area contributed by atoms with Gasteiger partial charge < -0.3 is 81.4 Å². The highest BCUT2D eigenvalue weighted by Gasteiger charge is 2.36. The smallest absolute Gasteiger partial charge is 0.271 e. The minimum atomic E-state index is -1.62. The number of aromatic nitrogens is 4. The summed E-state index contributed by atoms with van der Waals surface area (Å²) >= 11 is 9.06. The summed E-state index contributed by atoms with van der Waals surface area (Å²) in [6, 6.07) is 8.75. The minimum absolute atomic E-state index is 0.0163. The Morgan fingerprint density at radius 3 is 2.09 bits per heavy atom. The Morgan fingerprint density at radius 1 is 0.761 bits per heavy atom. The molecule has 0 aliphatic carbocycles. The van der Waals surface area contributed by atoms with Crippen molar-refractivity contribution in [3.8, 4) is 16.5 Å². The van der Waals surface area contributed by atoms with E-state index in [0.717, 1.165) is 51.9 Å². The number of nitrogens with one attached hydrogen (secondary N) is 8. The number of phenols is 1. The first-order valence-corrected chi connectivity index (χ1v) is 32.6. The van der Waals surface area contributed by atoms with E-state index in [1.165, 1.54) is 54.9 Å². The molecule has 0 fully saturated rings. The summed E-state index contributed by atoms with van der Waals surface area (Å²) in [6.45, 7) is 7.41. The summed E-state index contributed by atoms with van der Waals surface area (Å²) < 4.78 is 12.8. The van der Waals surface area contributed by atoms with Crippen molar-refractivity contribution in [1.82, 2.24) is 62.5 Å². The van der Waals surface area contributed by atoms with E-state index < -0.39 is 94.9 Å². The normalized spacial score (nSPS) is 14.1. The number of aliphatic hydroxyl groups is 1. The van der Waals surface area contributed by atoms with Crippen LogP contribution in [0.15, 0.2) is 60.0 Å². The second-order valence-electron chi connectivity index (χ2n) is 21.0. The molecular formula is C57H82ClN17O10S3. The third kappa shape index (κ3) is 23.8. The van der Waals surface area contributed by atoms with Crippen LogP contribution in [0.4, 0.5) is 5.82 Å². The fourth-order valence-electron chi connectivity index (χ4n) is 8.79. The monoisotopic (exact) mass is 1300 g/mol. The number of aromatic hydroxyl groups is 1. The summed E-state index contributed by atoms with van der Waals surface area (Å²) in [5.74, 6) is -6.72. The van der Waals surface area contributed by atoms with E-state index in [2.05, 4.69) is 62.5 Å². The Kier molecular flexibility index (Phi) is 30.1. The van der Waals surface area contributed by atoms with Gasteiger partial charge in [0.05, 0.1) is 35.2 Å². The first kappa shape index (κ1) is 71.6. The number of hydrogen-bond acceptors (Lipinski definition) is 22. The Morgan fingerprint density at radius 2 is 1.43 bits per heavy atom. The van der Waals surface area contributed by atoms with Crippen molar-refractivity contribution < 1.29 is 48.0 Å². The molecule has 3 heterocycles. The molecular weight excluding hydrogens is 1210 g/mol. The number of aliphatic hydroxyl groups excluding tert-OH is 1. The number of amides is 7. The van der Waals surface area contributed by atoms with Gasteiger partial charge in [-0.05, 0) is 101 Å². The maximum atomic E-state index is 14.5. The molecule has 480 valence electrons. The van der Waals surface area contributed by atoms with E-state index in [0.29, 0.717) is 44.3 Å². The molecule has 88 heavy (non-hydrogen) atoms. The number of nitrogens with two attached hydrogens (primary N) is 5. The number of unbranched alkanes of at least 4 members (excludes halogenated alkanes) is 1. The Bertz CT molecular complexity index is 3120. The zero-order valence-electron chi connectivity index (χ0n) is 49.5. The van der Waals surface area contributed by atoms with Crippen molar-refractivity contribution in [1.29, 1.82) is 0 Å². The SMILES string of the molecule is Cc1c(N)nc([C@H](CC(N)=O)NC[C@H](N)C(N)=O)nc1C(=O)N[C@@H](CCS(C)=O)C(=O)N[C@H](Cc1ccccc1)[C@@H](O)[C@H](C)C(=O)N[C@@H](Cc1ccc(O)cc1)C(=O)NCCc1nc(-c2nc(C(=O)NCCCNCCCCNCCCN)cs2)c(Cl)s1. The van der Waals surface area contributed by atoms with Gasteiger partial charge in [0.15, 0.2) is 0 Å². The van der Waals surface area contributed by atoms with Crippen LogP contribution in [0.25, 0.3) is 10.7 Å². The van der Waals surface area contributed by atoms with Gasteiger partial charge in [-0.2, -0.15) is 0 Å². The number of anilines is 1. The topological polar surface area (TPSA) is 455 Å². The van der Waals surface area contributed by atoms with Crippen LogP contribution in [0.1, 0.15) is 100.0 Å². The second kappa shape index (κ2) is 37.0. The molecule has 5 rings (SSSR count). The molecule has 0 spiro atoms. The standard InChI is InChI=1S/C57H82ClN17O10S3/c1-32-45(74-51(75-49(32)62)40(29-43(61)77)68-30-37(60)50(63)79)56(84)69-38(18-26-88(3)85)55(83)70-39(27-34-11-5-4-6-12-34)47(78)33(2)52(80)71-41(28-35-13-15-36(76)16-14-35)53(81)67-25-17-44-73-46(48(58)87-44)57-72-42(31-86-57)54(82)66-24-10-23-65-21-8-7-20-64-22-9-19-59/h4-6,11-16,31,33,37-41,47,64-65,68,76,78H,7-10,17-30,59-60H2,1-3H3,(H2,61,77)(H2,63,79)(H,66,82)(H,67,81)(H,69,84)(H,70,83)(H,71,80)(H2,62,74,75)/t33-,37-,38-,39+,40-,41-,47-,88?/m0/s1. The van der Waals surface area contributed by atoms with Crippen LogP contribution < -0.4 is 71.2 Å². The number of nitrogens with zero attached hydrogens (tertiary/aromatic N) is 4. The van der Waals surface area contributed by atoms with Gasteiger partial charge in [0.25, 0.3) is 11.8 Å². The molecule has 0 radical (unpaired) electrons. The molecule has 31 heteroatoms. The third-order valence-electron chi connectivity index (χ3n) is 13.9. The molecule has 1 unspecified atom stereocenters. The van der Waals surface area contributed by atoms with Crippen molar-refractivity contribution in [2.45, 2.75) is 108 Å². The summed E-state index contributed by atoms with van der Waals surface area (Å²) in [5.41, 5.74) is 30.0. The van der Waals surface area contributed by atoms with E-state index in [9.17, 15) is 48.0 Å². The second-order valence-corrected chi connectivity index (χ2v) is 25.1. The van der Waals surface area contributed by atoms with Gasteiger partial charge >= 0.3 is 0 Å². The molecule has 0 bridgehead atoms. The number of benzene rings is 2. The van der Waals surface area contributed by atoms with Gasteiger partial charge in [0.1, 0.15) is 55.9 Å². The van der Waals surface area contributed by atoms with Crippen molar-refractivity contribution in [2.75, 3.05) is 70.1 Å². The van der Waals surface area contributed by atoms with Crippen LogP contribution in [-0.2, 0) is 54.0 Å². The quantitative estimate of drug-likeness (QED) is 0.0225. The number of phenolic OH excluding ortho intramolecular Hbond substituents is 1. The van der Waals surface area contributed by atoms with E-state index in [-0.39, 0.29) is 84.8 Å². The van der Waals surface area contributed by atoms with Gasteiger partial charge in [-0.25, -0.2) is 19.9 Å². The molecule has 3 aromatic heterocycles. The van der Waals surface area contributed by atoms with E-state index in [1.54, 1.807) is 47.8 Å². The number of nitrogen functional groups attached to an aromatic ring is 1. The molecule has 0 saturated carbocycles. The highest BCUT2D eigenvalue weighted by molar-refractivity contribution is 7.84. The van der Waals surface area contributed by atoms with Crippen LogP contribution in [0.3, 0.4) is 0 Å². The Labute approximate surface area is 526 Å². The molecule has 0 saturated heterocycles. The molecule has 27 nitrogen and oxygen atoms in total. The number of primary amides is 2. The van der Waals surface area contributed by atoms with Crippen molar-refractivity contribution in [3.05, 3.63) is 103 Å². The van der Waals surface area contributed by atoms with E-state index >= 15 is 0 Å². The lowest BCUT2D eigenvalue weighted by atomic mass is 9.91. The predicted octanol–water partition coefficient (Wildman–Crippen LogP) is -0.269. The number of rotatable bonds is 40. The maximum absolute atomic E-state index is 14.5. The van der Waals surface area contributed by atoms with E-state index in [4.69, 9.17) is 40.3 Å². The first-order valence-electron chi connectivity index (χ1n) is 28.8. The minimum Gasteiger partial charge on any atom is -0.508 e. The lowest BCUT2D eigenvalue weighted by Gasteiger charge is -2.31. The summed E-state index contributed by atoms with van der Waals surface area (Å²) in [5, 5.41) is 48.4. The van der Waals surface area contributed by atoms with Crippen molar-refractivity contribution >= 4 is 92.2 Å². The number of halogens is 1. The van der Waals surface area contributed by atoms with Crippen LogP contribution in [0.2, 0.25) is 4.34 Å². The fraction of sp³-hybridized carbons (Fsp3) is 0.491. The molecule has 0 aliphatic rings. The zero-order valence-corrected chi connectivity index (χ0v) is 52.7. The van der Waals surface area contributed by atoms with Crippen molar-refractivity contribution in [2.24, 2.45) is 28.9 Å². The predicted molar refractivity (Wildman–Crippen MR) is 339 cm³/mol. The van der Waals surface area contributed by atoms with Crippen LogP contribution in [0.5, 0.6) is 5.75 Å². The molecule has 2 aromatic carbocycles. The number of hydrogen-bond donors (Lipinski definition) is 15. The lowest BCUT2D eigenvalue weighted by molar-refractivity contribution is -0.134. The van der Waals surface area contributed by atoms with Crippen LogP contribution in [0, 0.1) is 12.8 Å². The lowest BCUT2D eigenvalue weighted by Crippen LogP contribution is -2.57. The number of carbonyl (C=O) groups excluding carboxylic acids is 7. The van der Waals surface area contributed by atoms with Gasteiger partial charge in [0, 0.05) is 72.6 Å². The molecule has 7 amide bonds. The van der Waals surface area contributed by atoms with Crippen LogP contribution in [-0.4, -0.2) is 170 Å². The molecule has 20 N–H and O–H groups in total. The first-order chi connectivity index (χ1) is 42.0. The summed E-state index contributed by atoms with van der Waals surface area (Å²) in [7, 11) is -1.46. The largest absolute Gasteiger partial charge is 0.508 e. The highest BCUT2D eigenvalue weighted by Crippen LogP contribution is 2.34. The van der Waals surface area contributed by atoms with Crippen molar-refractivity contribution in [3.63, 3.8) is 0 Å². The average Bonchev–Trinajstić information content (AvgIpc) is 2.07. The third-order valence-corrected chi connectivity index (χ3v) is 16.9. The summed E-state index contributed by atoms with van der Waals surface area (Å²) in [4.78, 5) is 112. The number of thiazole rings is 2. The van der Waals surface area contributed by atoms with Gasteiger partial charge in [0.2, 0.25) is 29.5 Å². The zero-order chi connectivity index (χ0) is 64.3. The average molecular weight is 1300 g/mol. The van der Waals surface area contributed by atoms with Gasteiger partial charge in [-0.3, -0.25) is 37.8 Å². The van der Waals surface area contributed by atoms with E-state index in [1.807, 2.05) is 0 Å².